The predicted octanol–water partition coefficient (Wildman–Crippen LogP) is 0.633. The highest BCUT2D eigenvalue weighted by atomic mass is 32.2. The lowest BCUT2D eigenvalue weighted by Crippen LogP contribution is -2.23. The molecule has 4 nitrogen and oxygen atoms in total. The molecule has 72 valence electrons. The Labute approximate surface area is 80.4 Å². The summed E-state index contributed by atoms with van der Waals surface area (Å²) < 4.78 is -0.374. The van der Waals surface area contributed by atoms with Gasteiger partial charge in [0, 0.05) is 17.1 Å². The number of hydrogen-bond acceptors (Lipinski definition) is 4. The average Bonchev–Trinajstić information content (AvgIpc) is 2.09. The van der Waals surface area contributed by atoms with Crippen LogP contribution in [-0.2, 0) is 0 Å². The summed E-state index contributed by atoms with van der Waals surface area (Å²) in [5.74, 6) is 0. The second-order valence-electron chi connectivity index (χ2n) is 3.24. The molecule has 0 unspecified atom stereocenters. The molecule has 0 aliphatic carbocycles. The van der Waals surface area contributed by atoms with Gasteiger partial charge in [-0.1, -0.05) is 11.8 Å². The van der Waals surface area contributed by atoms with E-state index in [1.165, 1.54) is 24.2 Å². The maximum absolute atomic E-state index is 11.2. The lowest BCUT2D eigenvalue weighted by atomic mass is 10.2. The normalized spacial score (nSPS) is 11.6. The van der Waals surface area contributed by atoms with Crippen LogP contribution >= 0.6 is 11.8 Å². The van der Waals surface area contributed by atoms with Crippen molar-refractivity contribution in [3.8, 4) is 0 Å². The molecule has 0 saturated heterocycles. The van der Waals surface area contributed by atoms with Crippen molar-refractivity contribution in [1.29, 1.82) is 0 Å². The van der Waals surface area contributed by atoms with Crippen molar-refractivity contribution in [3.05, 3.63) is 22.7 Å². The number of aromatic nitrogens is 2. The van der Waals surface area contributed by atoms with Crippen molar-refractivity contribution < 1.29 is 5.11 Å². The molecule has 0 saturated carbocycles. The second kappa shape index (κ2) is 3.93. The molecule has 0 aliphatic heterocycles. The molecule has 0 aliphatic rings. The van der Waals surface area contributed by atoms with Gasteiger partial charge in [0.05, 0.1) is 6.61 Å². The SMILES string of the molecule is CC(C)(CO)Sc1ncc[nH]c1=O. The highest BCUT2D eigenvalue weighted by Gasteiger charge is 2.20. The molecule has 5 heteroatoms. The summed E-state index contributed by atoms with van der Waals surface area (Å²) in [7, 11) is 0. The summed E-state index contributed by atoms with van der Waals surface area (Å²) in [5.41, 5.74) is -0.214. The number of rotatable bonds is 3. The molecule has 0 radical (unpaired) electrons. The Morgan fingerprint density at radius 3 is 2.92 bits per heavy atom. The standard InChI is InChI=1S/C8H12N2O2S/c1-8(2,5-11)13-7-6(12)9-3-4-10-7/h3-4,11H,5H2,1-2H3,(H,9,12). The average molecular weight is 200 g/mol. The van der Waals surface area contributed by atoms with Crippen LogP contribution in [-0.4, -0.2) is 26.4 Å². The third kappa shape index (κ3) is 2.86. The monoisotopic (exact) mass is 200 g/mol. The fraction of sp³-hybridized carbons (Fsp3) is 0.500. The molecule has 0 aromatic carbocycles. The van der Waals surface area contributed by atoms with Crippen LogP contribution in [0.5, 0.6) is 0 Å². The van der Waals surface area contributed by atoms with E-state index < -0.39 is 0 Å². The number of hydrogen-bond donors (Lipinski definition) is 2. The predicted molar refractivity (Wildman–Crippen MR) is 51.9 cm³/mol. The Morgan fingerprint density at radius 1 is 1.69 bits per heavy atom. The van der Waals surface area contributed by atoms with Gasteiger partial charge in [-0.25, -0.2) is 4.98 Å². The van der Waals surface area contributed by atoms with Gasteiger partial charge in [0.1, 0.15) is 0 Å². The summed E-state index contributed by atoms with van der Waals surface area (Å²) in [6.07, 6.45) is 3.01. The zero-order valence-corrected chi connectivity index (χ0v) is 8.39. The minimum Gasteiger partial charge on any atom is -0.395 e. The number of thioether (sulfide) groups is 1. The van der Waals surface area contributed by atoms with E-state index in [1.54, 1.807) is 0 Å². The minimum atomic E-state index is -0.374. The van der Waals surface area contributed by atoms with Gasteiger partial charge < -0.3 is 10.1 Å². The van der Waals surface area contributed by atoms with Crippen LogP contribution in [0.2, 0.25) is 0 Å². The molecular formula is C8H12N2O2S. The van der Waals surface area contributed by atoms with Crippen LogP contribution in [0.25, 0.3) is 0 Å². The third-order valence-electron chi connectivity index (χ3n) is 1.43. The Hall–Kier alpha value is -0.810. The molecule has 1 heterocycles. The molecule has 0 amide bonds. The fourth-order valence-electron chi connectivity index (χ4n) is 0.705. The number of aromatic amines is 1. The lowest BCUT2D eigenvalue weighted by Gasteiger charge is -2.18. The number of H-pyrrole nitrogens is 1. The van der Waals surface area contributed by atoms with Crippen molar-refractivity contribution in [2.24, 2.45) is 0 Å². The van der Waals surface area contributed by atoms with E-state index in [0.717, 1.165) is 0 Å². The van der Waals surface area contributed by atoms with Crippen LogP contribution in [0, 0.1) is 0 Å². The summed E-state index contributed by atoms with van der Waals surface area (Å²) >= 11 is 1.27. The molecule has 2 N–H and O–H groups in total. The smallest absolute Gasteiger partial charge is 0.280 e. The zero-order valence-electron chi connectivity index (χ0n) is 7.57. The molecule has 13 heavy (non-hydrogen) atoms. The van der Waals surface area contributed by atoms with Gasteiger partial charge in [-0.15, -0.1) is 0 Å². The Morgan fingerprint density at radius 2 is 2.38 bits per heavy atom. The molecule has 0 atom stereocenters. The van der Waals surface area contributed by atoms with E-state index in [9.17, 15) is 4.79 Å². The van der Waals surface area contributed by atoms with E-state index in [-0.39, 0.29) is 16.9 Å². The van der Waals surface area contributed by atoms with Crippen molar-refractivity contribution >= 4 is 11.8 Å². The Bertz CT molecular complexity index is 335. The third-order valence-corrected chi connectivity index (χ3v) is 2.59. The highest BCUT2D eigenvalue weighted by Crippen LogP contribution is 2.27. The summed E-state index contributed by atoms with van der Waals surface area (Å²) in [5, 5.41) is 9.38. The van der Waals surface area contributed by atoms with E-state index in [1.807, 2.05) is 13.8 Å². The second-order valence-corrected chi connectivity index (χ2v) is 4.94. The molecular weight excluding hydrogens is 188 g/mol. The number of nitrogens with one attached hydrogen (secondary N) is 1. The Balaban J connectivity index is 2.87. The van der Waals surface area contributed by atoms with E-state index in [4.69, 9.17) is 5.11 Å². The van der Waals surface area contributed by atoms with Crippen LogP contribution in [0.4, 0.5) is 0 Å². The topological polar surface area (TPSA) is 66.0 Å². The van der Waals surface area contributed by atoms with Gasteiger partial charge in [-0.2, -0.15) is 0 Å². The highest BCUT2D eigenvalue weighted by molar-refractivity contribution is 8.00. The first-order valence-corrected chi connectivity index (χ1v) is 4.70. The molecule has 0 spiro atoms. The van der Waals surface area contributed by atoms with Gasteiger partial charge in [0.15, 0.2) is 5.03 Å². The molecule has 0 fully saturated rings. The van der Waals surface area contributed by atoms with E-state index in [2.05, 4.69) is 9.97 Å². The largest absolute Gasteiger partial charge is 0.395 e. The molecule has 0 bridgehead atoms. The number of aliphatic hydroxyl groups excluding tert-OH is 1. The maximum atomic E-state index is 11.2. The molecule has 1 aromatic rings. The summed E-state index contributed by atoms with van der Waals surface area (Å²) in [6.45, 7) is 3.71. The van der Waals surface area contributed by atoms with Gasteiger partial charge >= 0.3 is 0 Å². The fourth-order valence-corrected chi connectivity index (χ4v) is 1.56. The Kier molecular flexibility index (Phi) is 3.11. The van der Waals surface area contributed by atoms with E-state index >= 15 is 0 Å². The first-order chi connectivity index (χ1) is 6.05. The van der Waals surface area contributed by atoms with Crippen molar-refractivity contribution in [2.75, 3.05) is 6.61 Å². The molecule has 1 rings (SSSR count). The van der Waals surface area contributed by atoms with Crippen LogP contribution in [0.1, 0.15) is 13.8 Å². The van der Waals surface area contributed by atoms with Crippen LogP contribution in [0.15, 0.2) is 22.2 Å². The summed E-state index contributed by atoms with van der Waals surface area (Å²) in [6, 6.07) is 0. The van der Waals surface area contributed by atoms with Gasteiger partial charge in [0.2, 0.25) is 0 Å². The minimum absolute atomic E-state index is 0.00762. The van der Waals surface area contributed by atoms with Gasteiger partial charge in [0.25, 0.3) is 5.56 Å². The van der Waals surface area contributed by atoms with E-state index in [0.29, 0.717) is 5.03 Å². The lowest BCUT2D eigenvalue weighted by molar-refractivity contribution is 0.265. The maximum Gasteiger partial charge on any atom is 0.280 e. The first kappa shape index (κ1) is 10.3. The van der Waals surface area contributed by atoms with Crippen molar-refractivity contribution in [2.45, 2.75) is 23.6 Å². The van der Waals surface area contributed by atoms with Gasteiger partial charge in [-0.05, 0) is 13.8 Å². The number of aliphatic hydroxyl groups is 1. The quantitative estimate of drug-likeness (QED) is 0.702. The van der Waals surface area contributed by atoms with Gasteiger partial charge in [-0.3, -0.25) is 4.79 Å². The molecule has 1 aromatic heterocycles. The van der Waals surface area contributed by atoms with Crippen LogP contribution < -0.4 is 5.56 Å². The first-order valence-electron chi connectivity index (χ1n) is 3.89. The number of nitrogens with zero attached hydrogens (tertiary/aromatic N) is 1. The zero-order chi connectivity index (χ0) is 9.90. The summed E-state index contributed by atoms with van der Waals surface area (Å²) in [4.78, 5) is 17.6. The van der Waals surface area contributed by atoms with Crippen molar-refractivity contribution in [1.82, 2.24) is 9.97 Å². The van der Waals surface area contributed by atoms with Crippen molar-refractivity contribution in [3.63, 3.8) is 0 Å². The van der Waals surface area contributed by atoms with Crippen LogP contribution in [0.3, 0.4) is 0 Å².